The van der Waals surface area contributed by atoms with Gasteiger partial charge in [0.2, 0.25) is 0 Å². The first-order chi connectivity index (χ1) is 8.65. The van der Waals surface area contributed by atoms with Crippen LogP contribution in [0.5, 0.6) is 0 Å². The average Bonchev–Trinajstić information content (AvgIpc) is 2.43. The van der Waals surface area contributed by atoms with Gasteiger partial charge in [0.25, 0.3) is 0 Å². The lowest BCUT2D eigenvalue weighted by molar-refractivity contribution is 0.263. The Balaban J connectivity index is 3.04. The summed E-state index contributed by atoms with van der Waals surface area (Å²) >= 11 is 0. The number of hydrazine groups is 1. The molecule has 1 rings (SSSR count). The Morgan fingerprint density at radius 3 is 2.00 bits per heavy atom. The molecule has 0 fully saturated rings. The molecule has 0 aliphatic rings. The second-order valence-corrected chi connectivity index (χ2v) is 5.40. The number of benzene rings is 1. The zero-order valence-corrected chi connectivity index (χ0v) is 12.2. The molecule has 0 amide bonds. The Hall–Kier alpha value is -0.860. The lowest BCUT2D eigenvalue weighted by Crippen LogP contribution is -2.46. The molecular formula is C16H28N2. The zero-order valence-electron chi connectivity index (χ0n) is 12.2. The van der Waals surface area contributed by atoms with Gasteiger partial charge in [-0.1, -0.05) is 70.9 Å². The van der Waals surface area contributed by atoms with E-state index in [0.717, 1.165) is 6.42 Å². The summed E-state index contributed by atoms with van der Waals surface area (Å²) in [7, 11) is 0. The highest BCUT2D eigenvalue weighted by Crippen LogP contribution is 2.33. The maximum atomic E-state index is 5.83. The minimum Gasteiger partial charge on any atom is -0.271 e. The highest BCUT2D eigenvalue weighted by molar-refractivity contribution is 5.22. The monoisotopic (exact) mass is 248 g/mol. The molecule has 0 spiro atoms. The van der Waals surface area contributed by atoms with Crippen LogP contribution in [-0.4, -0.2) is 6.04 Å². The quantitative estimate of drug-likeness (QED) is 0.570. The maximum Gasteiger partial charge on any atom is 0.0307 e. The van der Waals surface area contributed by atoms with Crippen LogP contribution in [-0.2, 0) is 0 Å². The van der Waals surface area contributed by atoms with Crippen LogP contribution in [0.2, 0.25) is 0 Å². The van der Waals surface area contributed by atoms with E-state index in [-0.39, 0.29) is 0 Å². The van der Waals surface area contributed by atoms with Crippen molar-refractivity contribution < 1.29 is 0 Å². The topological polar surface area (TPSA) is 38.0 Å². The molecular weight excluding hydrogens is 220 g/mol. The van der Waals surface area contributed by atoms with Gasteiger partial charge in [0, 0.05) is 12.0 Å². The summed E-state index contributed by atoms with van der Waals surface area (Å²) < 4.78 is 0. The van der Waals surface area contributed by atoms with E-state index in [1.807, 2.05) is 0 Å². The molecule has 2 heteroatoms. The third kappa shape index (κ3) is 3.56. The minimum absolute atomic E-state index is 0.340. The van der Waals surface area contributed by atoms with Crippen molar-refractivity contribution in [2.45, 2.75) is 52.5 Å². The van der Waals surface area contributed by atoms with Gasteiger partial charge in [-0.15, -0.1) is 0 Å². The van der Waals surface area contributed by atoms with Crippen LogP contribution in [0.15, 0.2) is 30.3 Å². The molecule has 4 atom stereocenters. The van der Waals surface area contributed by atoms with Crippen LogP contribution >= 0.6 is 0 Å². The van der Waals surface area contributed by atoms with E-state index in [1.165, 1.54) is 12.0 Å². The van der Waals surface area contributed by atoms with Crippen molar-refractivity contribution in [3.8, 4) is 0 Å². The third-order valence-corrected chi connectivity index (χ3v) is 4.28. The first kappa shape index (κ1) is 15.2. The van der Waals surface area contributed by atoms with Crippen molar-refractivity contribution in [3.05, 3.63) is 35.9 Å². The highest BCUT2D eigenvalue weighted by atomic mass is 15.2. The van der Waals surface area contributed by atoms with Crippen molar-refractivity contribution in [3.63, 3.8) is 0 Å². The number of nitrogens with two attached hydrogens (primary N) is 1. The predicted octanol–water partition coefficient (Wildman–Crippen LogP) is 3.69. The van der Waals surface area contributed by atoms with Gasteiger partial charge in [0.15, 0.2) is 0 Å². The van der Waals surface area contributed by atoms with E-state index in [9.17, 15) is 0 Å². The summed E-state index contributed by atoms with van der Waals surface area (Å²) in [5.41, 5.74) is 4.46. The van der Waals surface area contributed by atoms with Crippen molar-refractivity contribution in [2.75, 3.05) is 0 Å². The molecule has 0 aromatic heterocycles. The normalized spacial score (nSPS) is 18.1. The molecule has 0 bridgehead atoms. The molecule has 0 aliphatic carbocycles. The van der Waals surface area contributed by atoms with E-state index in [2.05, 4.69) is 63.5 Å². The summed E-state index contributed by atoms with van der Waals surface area (Å²) in [6.45, 7) is 9.09. The number of hydrogen-bond acceptors (Lipinski definition) is 2. The Morgan fingerprint density at radius 1 is 1.00 bits per heavy atom. The van der Waals surface area contributed by atoms with E-state index >= 15 is 0 Å². The molecule has 0 saturated heterocycles. The molecule has 0 radical (unpaired) electrons. The standard InChI is InChI=1S/C16H28N2/c1-5-12(3)15(14-10-8-7-9-11-14)16(18-17)13(4)6-2/h7-13,15-16,18H,5-6,17H2,1-4H3. The average molecular weight is 248 g/mol. The first-order valence-corrected chi connectivity index (χ1v) is 7.16. The van der Waals surface area contributed by atoms with Gasteiger partial charge in [0.1, 0.15) is 0 Å². The number of hydrogen-bond donors (Lipinski definition) is 2. The molecule has 0 aliphatic heterocycles. The van der Waals surface area contributed by atoms with Crippen molar-refractivity contribution in [1.82, 2.24) is 5.43 Å². The largest absolute Gasteiger partial charge is 0.271 e. The SMILES string of the molecule is CCC(C)C(NN)C(c1ccccc1)C(C)CC. The molecule has 18 heavy (non-hydrogen) atoms. The van der Waals surface area contributed by atoms with Gasteiger partial charge < -0.3 is 0 Å². The molecule has 3 N–H and O–H groups in total. The van der Waals surface area contributed by atoms with E-state index in [4.69, 9.17) is 5.84 Å². The van der Waals surface area contributed by atoms with Crippen LogP contribution < -0.4 is 11.3 Å². The predicted molar refractivity (Wildman–Crippen MR) is 79.2 cm³/mol. The summed E-state index contributed by atoms with van der Waals surface area (Å²) in [6.07, 6.45) is 2.32. The van der Waals surface area contributed by atoms with E-state index < -0.39 is 0 Å². The van der Waals surface area contributed by atoms with E-state index in [0.29, 0.717) is 23.8 Å². The molecule has 0 heterocycles. The molecule has 1 aromatic carbocycles. The Bertz CT molecular complexity index is 323. The molecule has 2 nitrogen and oxygen atoms in total. The van der Waals surface area contributed by atoms with Crippen LogP contribution in [0.3, 0.4) is 0 Å². The summed E-state index contributed by atoms with van der Waals surface area (Å²) in [5, 5.41) is 0. The van der Waals surface area contributed by atoms with Crippen LogP contribution in [0.25, 0.3) is 0 Å². The van der Waals surface area contributed by atoms with Gasteiger partial charge in [-0.25, -0.2) is 0 Å². The van der Waals surface area contributed by atoms with Gasteiger partial charge in [-0.3, -0.25) is 11.3 Å². The second kappa shape index (κ2) is 7.55. The van der Waals surface area contributed by atoms with Crippen molar-refractivity contribution in [2.24, 2.45) is 17.7 Å². The van der Waals surface area contributed by atoms with Crippen molar-refractivity contribution in [1.29, 1.82) is 0 Å². The maximum absolute atomic E-state index is 5.83. The van der Waals surface area contributed by atoms with Gasteiger partial charge >= 0.3 is 0 Å². The van der Waals surface area contributed by atoms with Gasteiger partial charge in [0.05, 0.1) is 0 Å². The zero-order chi connectivity index (χ0) is 13.5. The Labute approximate surface area is 112 Å². The molecule has 1 aromatic rings. The lowest BCUT2D eigenvalue weighted by Gasteiger charge is -2.35. The lowest BCUT2D eigenvalue weighted by atomic mass is 9.75. The fourth-order valence-electron chi connectivity index (χ4n) is 2.69. The molecule has 102 valence electrons. The summed E-state index contributed by atoms with van der Waals surface area (Å²) in [6, 6.07) is 11.1. The number of rotatable bonds is 7. The van der Waals surface area contributed by atoms with Crippen LogP contribution in [0, 0.1) is 11.8 Å². The minimum atomic E-state index is 0.340. The summed E-state index contributed by atoms with van der Waals surface area (Å²) in [4.78, 5) is 0. The fourth-order valence-corrected chi connectivity index (χ4v) is 2.69. The van der Waals surface area contributed by atoms with Gasteiger partial charge in [-0.05, 0) is 17.4 Å². The third-order valence-electron chi connectivity index (χ3n) is 4.28. The van der Waals surface area contributed by atoms with Crippen molar-refractivity contribution >= 4 is 0 Å². The smallest absolute Gasteiger partial charge is 0.0307 e. The Morgan fingerprint density at radius 2 is 1.56 bits per heavy atom. The second-order valence-electron chi connectivity index (χ2n) is 5.40. The first-order valence-electron chi connectivity index (χ1n) is 7.16. The fraction of sp³-hybridized carbons (Fsp3) is 0.625. The summed E-state index contributed by atoms with van der Waals surface area (Å²) in [5.74, 6) is 7.52. The van der Waals surface area contributed by atoms with Gasteiger partial charge in [-0.2, -0.15) is 0 Å². The highest BCUT2D eigenvalue weighted by Gasteiger charge is 2.29. The van der Waals surface area contributed by atoms with E-state index in [1.54, 1.807) is 0 Å². The molecule has 0 saturated carbocycles. The van der Waals surface area contributed by atoms with Crippen LogP contribution in [0.4, 0.5) is 0 Å². The number of nitrogens with one attached hydrogen (secondary N) is 1. The Kier molecular flexibility index (Phi) is 6.37. The van der Waals surface area contributed by atoms with Crippen LogP contribution in [0.1, 0.15) is 52.0 Å². The molecule has 4 unspecified atom stereocenters.